The molecule has 0 saturated carbocycles. The van der Waals surface area contributed by atoms with Gasteiger partial charge in [0.1, 0.15) is 17.4 Å². The molecule has 0 fully saturated rings. The van der Waals surface area contributed by atoms with Gasteiger partial charge >= 0.3 is 6.18 Å². The van der Waals surface area contributed by atoms with Crippen LogP contribution in [0.3, 0.4) is 0 Å². The van der Waals surface area contributed by atoms with Gasteiger partial charge < -0.3 is 15.4 Å². The lowest BCUT2D eigenvalue weighted by Crippen LogP contribution is -2.24. The summed E-state index contributed by atoms with van der Waals surface area (Å²) < 4.78 is 57.7. The van der Waals surface area contributed by atoms with Crippen LogP contribution in [0.5, 0.6) is 5.75 Å². The summed E-state index contributed by atoms with van der Waals surface area (Å²) in [6.45, 7) is 2.22. The molecule has 1 aromatic heterocycles. The zero-order chi connectivity index (χ0) is 27.9. The van der Waals surface area contributed by atoms with E-state index in [1.54, 1.807) is 19.2 Å². The first-order valence-corrected chi connectivity index (χ1v) is 13.1. The molecule has 2 aromatic carbocycles. The smallest absolute Gasteiger partial charge is 0.422 e. The average Bonchev–Trinajstić information content (AvgIpc) is 3.17. The molecular weight excluding hydrogens is 524 g/mol. The summed E-state index contributed by atoms with van der Waals surface area (Å²) in [7, 11) is 0. The highest BCUT2D eigenvalue weighted by Crippen LogP contribution is 2.31. The number of rotatable bonds is 12. The van der Waals surface area contributed by atoms with Crippen molar-refractivity contribution in [2.45, 2.75) is 38.9 Å². The summed E-state index contributed by atoms with van der Waals surface area (Å²) in [5, 5.41) is 10.3. The van der Waals surface area contributed by atoms with Crippen LogP contribution in [-0.4, -0.2) is 46.9 Å². The normalized spacial score (nSPS) is 12.2. The predicted molar refractivity (Wildman–Crippen MR) is 138 cm³/mol. The third kappa shape index (κ3) is 7.50. The van der Waals surface area contributed by atoms with E-state index in [1.165, 1.54) is 52.8 Å². The van der Waals surface area contributed by atoms with Crippen molar-refractivity contribution in [2.24, 2.45) is 0 Å². The minimum absolute atomic E-state index is 0.0725. The molecule has 0 saturated heterocycles. The maximum Gasteiger partial charge on any atom is 0.422 e. The molecule has 0 aliphatic rings. The maximum atomic E-state index is 13.5. The molecule has 2 amide bonds. The lowest BCUT2D eigenvalue weighted by Gasteiger charge is -2.20. The second-order valence-electron chi connectivity index (χ2n) is 8.45. The van der Waals surface area contributed by atoms with E-state index in [0.717, 1.165) is 0 Å². The molecule has 0 unspecified atom stereocenters. The fourth-order valence-electron chi connectivity index (χ4n) is 3.97. The molecule has 3 aromatic rings. The van der Waals surface area contributed by atoms with Gasteiger partial charge in [-0.05, 0) is 67.1 Å². The number of thioether (sulfide) groups is 1. The largest absolute Gasteiger partial charge is 0.484 e. The molecule has 12 heteroatoms. The van der Waals surface area contributed by atoms with Crippen LogP contribution in [-0.2, 0) is 22.4 Å². The summed E-state index contributed by atoms with van der Waals surface area (Å²) in [6.07, 6.45) is -1.41. The first kappa shape index (κ1) is 29.0. The van der Waals surface area contributed by atoms with Crippen molar-refractivity contribution in [2.75, 3.05) is 23.9 Å². The SMILES string of the molecule is CCc1cc(OCC(F)(F)F)ccc1[C@@H](Cc1nn(-c2ccc(F)cc2)c(NC(=O)CSC)c1C)NC=O. The van der Waals surface area contributed by atoms with Crippen molar-refractivity contribution < 1.29 is 31.9 Å². The van der Waals surface area contributed by atoms with Crippen LogP contribution in [0.2, 0.25) is 0 Å². The van der Waals surface area contributed by atoms with Crippen LogP contribution < -0.4 is 15.4 Å². The van der Waals surface area contributed by atoms with Crippen LogP contribution in [0, 0.1) is 12.7 Å². The number of nitrogens with one attached hydrogen (secondary N) is 2. The monoisotopic (exact) mass is 552 g/mol. The van der Waals surface area contributed by atoms with Crippen molar-refractivity contribution in [3.8, 4) is 11.4 Å². The lowest BCUT2D eigenvalue weighted by atomic mass is 9.94. The van der Waals surface area contributed by atoms with Crippen LogP contribution in [0.25, 0.3) is 5.69 Å². The number of ether oxygens (including phenoxy) is 1. The summed E-state index contributed by atoms with van der Waals surface area (Å²) in [6, 6.07) is 9.65. The summed E-state index contributed by atoms with van der Waals surface area (Å²) in [5.41, 5.74) is 3.15. The molecule has 0 aliphatic heterocycles. The van der Waals surface area contributed by atoms with Gasteiger partial charge in [-0.2, -0.15) is 30.0 Å². The number of aryl methyl sites for hydroxylation is 1. The highest BCUT2D eigenvalue weighted by Gasteiger charge is 2.29. The van der Waals surface area contributed by atoms with Crippen LogP contribution in [0.1, 0.15) is 35.3 Å². The third-order valence-electron chi connectivity index (χ3n) is 5.76. The van der Waals surface area contributed by atoms with Gasteiger partial charge in [0.25, 0.3) is 0 Å². The third-order valence-corrected chi connectivity index (χ3v) is 6.32. The van der Waals surface area contributed by atoms with Gasteiger partial charge in [-0.3, -0.25) is 9.59 Å². The number of nitrogens with zero attached hydrogens (tertiary/aromatic N) is 2. The number of hydrogen-bond acceptors (Lipinski definition) is 5. The van der Waals surface area contributed by atoms with Gasteiger partial charge in [0.05, 0.1) is 23.2 Å². The van der Waals surface area contributed by atoms with E-state index < -0.39 is 24.6 Å². The zero-order valence-electron chi connectivity index (χ0n) is 21.1. The Bertz CT molecular complexity index is 1260. The van der Waals surface area contributed by atoms with Crippen molar-refractivity contribution in [3.05, 3.63) is 70.7 Å². The van der Waals surface area contributed by atoms with E-state index in [4.69, 9.17) is 4.74 Å². The Morgan fingerprint density at radius 3 is 2.53 bits per heavy atom. The Morgan fingerprint density at radius 2 is 1.92 bits per heavy atom. The van der Waals surface area contributed by atoms with Crippen molar-refractivity contribution in [1.29, 1.82) is 0 Å². The van der Waals surface area contributed by atoms with E-state index in [0.29, 0.717) is 46.7 Å². The molecule has 2 N–H and O–H groups in total. The number of benzene rings is 2. The van der Waals surface area contributed by atoms with Gasteiger partial charge in [-0.1, -0.05) is 13.0 Å². The van der Waals surface area contributed by atoms with E-state index in [9.17, 15) is 27.2 Å². The number of alkyl halides is 3. The molecule has 0 aliphatic carbocycles. The number of carbonyl (C=O) groups is 2. The van der Waals surface area contributed by atoms with Gasteiger partial charge in [0, 0.05) is 12.0 Å². The summed E-state index contributed by atoms with van der Waals surface area (Å²) in [5.74, 6) is 0.0587. The van der Waals surface area contributed by atoms with Crippen LogP contribution in [0.15, 0.2) is 42.5 Å². The van der Waals surface area contributed by atoms with E-state index in [2.05, 4.69) is 15.7 Å². The van der Waals surface area contributed by atoms with E-state index >= 15 is 0 Å². The topological polar surface area (TPSA) is 85.2 Å². The van der Waals surface area contributed by atoms with Crippen LogP contribution in [0.4, 0.5) is 23.4 Å². The van der Waals surface area contributed by atoms with Gasteiger partial charge in [-0.25, -0.2) is 9.07 Å². The lowest BCUT2D eigenvalue weighted by molar-refractivity contribution is -0.153. The summed E-state index contributed by atoms with van der Waals surface area (Å²) in [4.78, 5) is 23.9. The Kier molecular flexibility index (Phi) is 9.78. The number of carbonyl (C=O) groups excluding carboxylic acids is 2. The molecule has 0 bridgehead atoms. The van der Waals surface area contributed by atoms with Gasteiger partial charge in [-0.15, -0.1) is 0 Å². The quantitative estimate of drug-likeness (QED) is 0.240. The van der Waals surface area contributed by atoms with Gasteiger partial charge in [0.2, 0.25) is 12.3 Å². The Labute approximate surface area is 221 Å². The van der Waals surface area contributed by atoms with E-state index in [-0.39, 0.29) is 23.8 Å². The van der Waals surface area contributed by atoms with Crippen molar-refractivity contribution in [3.63, 3.8) is 0 Å². The Morgan fingerprint density at radius 1 is 1.21 bits per heavy atom. The predicted octanol–water partition coefficient (Wildman–Crippen LogP) is 5.15. The second kappa shape index (κ2) is 12.8. The number of hydrogen-bond donors (Lipinski definition) is 2. The molecule has 7 nitrogen and oxygen atoms in total. The Hall–Kier alpha value is -3.54. The van der Waals surface area contributed by atoms with Crippen molar-refractivity contribution in [1.82, 2.24) is 15.1 Å². The molecule has 1 atom stereocenters. The molecule has 38 heavy (non-hydrogen) atoms. The fraction of sp³-hybridized carbons (Fsp3) is 0.346. The van der Waals surface area contributed by atoms with Crippen molar-refractivity contribution >= 4 is 29.9 Å². The standard InChI is InChI=1S/C26H28F4N4O3S/c1-4-17-11-20(37-14-26(28,29)30)9-10-21(17)23(31-15-35)12-22-16(2)25(32-24(36)13-38-3)34(33-22)19-7-5-18(27)6-8-19/h5-11,15,23H,4,12-14H2,1-3H3,(H,31,35)(H,32,36)/t23-/m1/s1. The molecule has 3 rings (SSSR count). The average molecular weight is 553 g/mol. The molecule has 0 spiro atoms. The minimum Gasteiger partial charge on any atom is -0.484 e. The molecule has 1 heterocycles. The number of aromatic nitrogens is 2. The minimum atomic E-state index is -4.46. The highest BCUT2D eigenvalue weighted by molar-refractivity contribution is 7.99. The summed E-state index contributed by atoms with van der Waals surface area (Å²) >= 11 is 1.36. The molecule has 204 valence electrons. The number of amides is 2. The van der Waals surface area contributed by atoms with Gasteiger partial charge in [0.15, 0.2) is 6.61 Å². The second-order valence-corrected chi connectivity index (χ2v) is 9.31. The highest BCUT2D eigenvalue weighted by atomic mass is 32.2. The fourth-order valence-corrected chi connectivity index (χ4v) is 4.30. The maximum absolute atomic E-state index is 13.5. The molecule has 0 radical (unpaired) electrons. The van der Waals surface area contributed by atoms with E-state index in [1.807, 2.05) is 6.92 Å². The first-order valence-electron chi connectivity index (χ1n) is 11.7. The Balaban J connectivity index is 1.98. The number of anilines is 1. The van der Waals surface area contributed by atoms with Crippen LogP contribution >= 0.6 is 11.8 Å². The number of halogens is 4. The zero-order valence-corrected chi connectivity index (χ0v) is 21.9. The molecular formula is C26H28F4N4O3S. The first-order chi connectivity index (χ1) is 18.1.